The average Bonchev–Trinajstić information content (AvgIpc) is 3.29. The van der Waals surface area contributed by atoms with Crippen LogP contribution >= 0.6 is 23.1 Å². The lowest BCUT2D eigenvalue weighted by Gasteiger charge is -2.24. The minimum atomic E-state index is -4.20. The van der Waals surface area contributed by atoms with Crippen LogP contribution in [-0.4, -0.2) is 56.5 Å². The third kappa shape index (κ3) is 7.13. The molecule has 0 spiro atoms. The summed E-state index contributed by atoms with van der Waals surface area (Å²) < 4.78 is 51.5. The standard InChI is InChI=1S/C21H21FN4O6S3/c1-3-32-16-8-10-17(11-9-16)35(29,30)26(15-6-4-14(22)5-7-15)12-18(27)23-20-24-25-21(34-20)33-13-19(28)31-2/h4-11H,3,12-13H2,1-2H3,(H,23,24,27). The van der Waals surface area contributed by atoms with Crippen molar-refractivity contribution in [3.63, 3.8) is 0 Å². The van der Waals surface area contributed by atoms with E-state index >= 15 is 0 Å². The van der Waals surface area contributed by atoms with Crippen LogP contribution in [0.2, 0.25) is 0 Å². The van der Waals surface area contributed by atoms with E-state index in [2.05, 4.69) is 20.3 Å². The van der Waals surface area contributed by atoms with E-state index in [1.165, 1.54) is 43.5 Å². The van der Waals surface area contributed by atoms with Crippen molar-refractivity contribution in [1.29, 1.82) is 0 Å². The molecule has 0 fully saturated rings. The number of nitrogens with zero attached hydrogens (tertiary/aromatic N) is 3. The lowest BCUT2D eigenvalue weighted by molar-refractivity contribution is -0.137. The minimum absolute atomic E-state index is 0.0255. The Hall–Kier alpha value is -3.23. The molecule has 0 unspecified atom stereocenters. The molecule has 0 radical (unpaired) electrons. The minimum Gasteiger partial charge on any atom is -0.494 e. The van der Waals surface area contributed by atoms with Gasteiger partial charge in [0.2, 0.25) is 11.0 Å². The van der Waals surface area contributed by atoms with Crippen molar-refractivity contribution < 1.29 is 31.9 Å². The van der Waals surface area contributed by atoms with Crippen LogP contribution in [0, 0.1) is 5.82 Å². The Morgan fingerprint density at radius 3 is 2.43 bits per heavy atom. The van der Waals surface area contributed by atoms with E-state index in [9.17, 15) is 22.4 Å². The Bertz CT molecular complexity index is 1270. The van der Waals surface area contributed by atoms with E-state index in [-0.39, 0.29) is 21.5 Å². The van der Waals surface area contributed by atoms with Crippen molar-refractivity contribution in [2.75, 3.05) is 35.6 Å². The van der Waals surface area contributed by atoms with E-state index in [0.717, 1.165) is 39.5 Å². The highest BCUT2D eigenvalue weighted by Gasteiger charge is 2.28. The number of amides is 1. The van der Waals surface area contributed by atoms with Gasteiger partial charge in [-0.15, -0.1) is 10.2 Å². The van der Waals surface area contributed by atoms with Crippen molar-refractivity contribution in [3.05, 3.63) is 54.3 Å². The average molecular weight is 541 g/mol. The van der Waals surface area contributed by atoms with Crippen LogP contribution in [-0.2, 0) is 24.3 Å². The van der Waals surface area contributed by atoms with Crippen molar-refractivity contribution in [2.24, 2.45) is 0 Å². The third-order valence-corrected chi connectivity index (χ3v) is 8.05. The molecule has 14 heteroatoms. The molecule has 3 rings (SSSR count). The van der Waals surface area contributed by atoms with Gasteiger partial charge < -0.3 is 9.47 Å². The second-order valence-corrected chi connectivity index (χ2v) is 10.7. The number of sulfonamides is 1. The molecule has 1 heterocycles. The van der Waals surface area contributed by atoms with Crippen molar-refractivity contribution in [3.8, 4) is 5.75 Å². The first-order valence-electron chi connectivity index (χ1n) is 10.1. The fourth-order valence-electron chi connectivity index (χ4n) is 2.71. The molecule has 0 saturated heterocycles. The first-order valence-corrected chi connectivity index (χ1v) is 13.3. The second kappa shape index (κ2) is 12.0. The van der Waals surface area contributed by atoms with Crippen molar-refractivity contribution >= 4 is 55.8 Å². The molecule has 1 aromatic heterocycles. The van der Waals surface area contributed by atoms with Gasteiger partial charge in [-0.3, -0.25) is 19.2 Å². The normalized spacial score (nSPS) is 11.1. The monoisotopic (exact) mass is 540 g/mol. The van der Waals surface area contributed by atoms with Gasteiger partial charge in [0.15, 0.2) is 4.34 Å². The van der Waals surface area contributed by atoms with Crippen molar-refractivity contribution in [1.82, 2.24) is 10.2 Å². The first-order chi connectivity index (χ1) is 16.7. The Morgan fingerprint density at radius 1 is 1.11 bits per heavy atom. The van der Waals surface area contributed by atoms with Gasteiger partial charge in [-0.25, -0.2) is 12.8 Å². The molecular formula is C21H21FN4O6S3. The Balaban J connectivity index is 1.80. The van der Waals surface area contributed by atoms with Gasteiger partial charge in [-0.1, -0.05) is 23.1 Å². The molecule has 1 N–H and O–H groups in total. The molecule has 35 heavy (non-hydrogen) atoms. The van der Waals surface area contributed by atoms with E-state index in [1.54, 1.807) is 6.92 Å². The van der Waals surface area contributed by atoms with Crippen LogP contribution in [0.5, 0.6) is 5.75 Å². The summed E-state index contributed by atoms with van der Waals surface area (Å²) in [7, 11) is -2.93. The van der Waals surface area contributed by atoms with Crippen LogP contribution in [0.25, 0.3) is 0 Å². The zero-order valence-electron chi connectivity index (χ0n) is 18.6. The molecule has 0 aliphatic rings. The van der Waals surface area contributed by atoms with E-state index in [0.29, 0.717) is 16.7 Å². The molecule has 0 aliphatic heterocycles. The van der Waals surface area contributed by atoms with Gasteiger partial charge >= 0.3 is 5.97 Å². The Morgan fingerprint density at radius 2 is 1.80 bits per heavy atom. The summed E-state index contributed by atoms with van der Waals surface area (Å²) in [5, 5.41) is 10.3. The van der Waals surface area contributed by atoms with Gasteiger partial charge in [0.25, 0.3) is 10.0 Å². The quantitative estimate of drug-likeness (QED) is 0.222. The zero-order valence-corrected chi connectivity index (χ0v) is 21.1. The fourth-order valence-corrected chi connectivity index (χ4v) is 5.73. The summed E-state index contributed by atoms with van der Waals surface area (Å²) in [6.07, 6.45) is 0. The molecular weight excluding hydrogens is 519 g/mol. The summed E-state index contributed by atoms with van der Waals surface area (Å²) >= 11 is 2.10. The number of carbonyl (C=O) groups excluding carboxylic acids is 2. The van der Waals surface area contributed by atoms with Gasteiger partial charge in [-0.2, -0.15) is 0 Å². The fraction of sp³-hybridized carbons (Fsp3) is 0.238. The lowest BCUT2D eigenvalue weighted by atomic mass is 10.3. The van der Waals surface area contributed by atoms with Crippen LogP contribution < -0.4 is 14.4 Å². The lowest BCUT2D eigenvalue weighted by Crippen LogP contribution is -2.38. The number of halogens is 1. The van der Waals surface area contributed by atoms with Crippen LogP contribution in [0.4, 0.5) is 15.2 Å². The number of aromatic nitrogens is 2. The third-order valence-electron chi connectivity index (χ3n) is 4.32. The highest BCUT2D eigenvalue weighted by Crippen LogP contribution is 2.27. The van der Waals surface area contributed by atoms with Crippen LogP contribution in [0.15, 0.2) is 57.8 Å². The molecule has 2 aromatic carbocycles. The number of ether oxygens (including phenoxy) is 2. The smallest absolute Gasteiger partial charge is 0.316 e. The maximum atomic E-state index is 13.5. The van der Waals surface area contributed by atoms with Gasteiger partial charge in [0, 0.05) is 0 Å². The van der Waals surface area contributed by atoms with Gasteiger partial charge in [0.05, 0.1) is 30.1 Å². The van der Waals surface area contributed by atoms with E-state index in [1.807, 2.05) is 0 Å². The summed E-state index contributed by atoms with van der Waals surface area (Å²) in [4.78, 5) is 23.9. The van der Waals surface area contributed by atoms with Crippen molar-refractivity contribution in [2.45, 2.75) is 16.2 Å². The van der Waals surface area contributed by atoms with Gasteiger partial charge in [-0.05, 0) is 55.5 Å². The molecule has 0 saturated carbocycles. The number of rotatable bonds is 11. The number of nitrogens with one attached hydrogen (secondary N) is 1. The zero-order chi connectivity index (χ0) is 25.4. The largest absolute Gasteiger partial charge is 0.494 e. The topological polar surface area (TPSA) is 128 Å². The Labute approximate surface area is 209 Å². The summed E-state index contributed by atoms with van der Waals surface area (Å²) in [5.41, 5.74) is 0.0991. The molecule has 1 amide bonds. The highest BCUT2D eigenvalue weighted by atomic mass is 32.2. The number of hydrogen-bond donors (Lipinski definition) is 1. The molecule has 3 aromatic rings. The summed E-state index contributed by atoms with van der Waals surface area (Å²) in [6.45, 7) is 1.62. The van der Waals surface area contributed by atoms with Crippen LogP contribution in [0.3, 0.4) is 0 Å². The SMILES string of the molecule is CCOc1ccc(S(=O)(=O)N(CC(=O)Nc2nnc(SCC(=O)OC)s2)c2ccc(F)cc2)cc1. The molecule has 0 aliphatic carbocycles. The number of methoxy groups -OCH3 is 1. The summed E-state index contributed by atoms with van der Waals surface area (Å²) in [6, 6.07) is 10.5. The maximum absolute atomic E-state index is 13.5. The van der Waals surface area contributed by atoms with E-state index in [4.69, 9.17) is 4.74 Å². The molecule has 0 bridgehead atoms. The number of hydrogen-bond acceptors (Lipinski definition) is 10. The maximum Gasteiger partial charge on any atom is 0.316 e. The number of benzene rings is 2. The first kappa shape index (κ1) is 26.4. The van der Waals surface area contributed by atoms with E-state index < -0.39 is 34.3 Å². The highest BCUT2D eigenvalue weighted by molar-refractivity contribution is 8.01. The Kier molecular flexibility index (Phi) is 9.01. The molecule has 186 valence electrons. The van der Waals surface area contributed by atoms with Crippen LogP contribution in [0.1, 0.15) is 6.92 Å². The molecule has 10 nitrogen and oxygen atoms in total. The predicted molar refractivity (Wildman–Crippen MR) is 130 cm³/mol. The van der Waals surface area contributed by atoms with Gasteiger partial charge in [0.1, 0.15) is 18.1 Å². The number of esters is 1. The number of carbonyl (C=O) groups is 2. The second-order valence-electron chi connectivity index (χ2n) is 6.68. The summed E-state index contributed by atoms with van der Waals surface area (Å²) in [5.74, 6) is -1.16. The number of anilines is 2. The predicted octanol–water partition coefficient (Wildman–Crippen LogP) is 3.18. The molecule has 0 atom stereocenters. The number of thioether (sulfide) groups is 1.